The van der Waals surface area contributed by atoms with Gasteiger partial charge in [-0.15, -0.1) is 0 Å². The van der Waals surface area contributed by atoms with Gasteiger partial charge >= 0.3 is 12.1 Å². The molecule has 0 saturated heterocycles. The second kappa shape index (κ2) is 24.7. The number of carbonyl (C=O) groups excluding carboxylic acids is 7. The van der Waals surface area contributed by atoms with E-state index >= 15 is 0 Å². The van der Waals surface area contributed by atoms with E-state index in [1.165, 1.54) is 23.4 Å². The zero-order valence-electron chi connectivity index (χ0n) is 42.2. The van der Waals surface area contributed by atoms with E-state index in [9.17, 15) is 33.6 Å². The monoisotopic (exact) mass is 1040 g/mol. The number of nitrogens with zero attached hydrogens (tertiary/aromatic N) is 7. The van der Waals surface area contributed by atoms with Crippen LogP contribution in [0.25, 0.3) is 28.3 Å². The fraction of sp³-hybridized carbons (Fsp3) is 0.340. The molecule has 4 aromatic heterocycles. The first kappa shape index (κ1) is 53.2. The SMILES string of the molecule is Cc1cccc(-c2[nH]c(CN(Cc3ccc4c(c3)OCO4)C(=O)OCc3ccc(NC(=O)[C@H](CCCNC(N)=O)NC(=O)C(NC(=O)CCCCCN4C(=O)C=CC4=O)C(C)C)cc3)nc2-c2ccc3ncnn3c2)n1. The van der Waals surface area contributed by atoms with Crippen molar-refractivity contribution >= 4 is 53.0 Å². The van der Waals surface area contributed by atoms with Gasteiger partial charge < -0.3 is 46.2 Å². The van der Waals surface area contributed by atoms with Crippen molar-refractivity contribution in [2.45, 2.75) is 91.1 Å². The van der Waals surface area contributed by atoms with E-state index in [1.54, 1.807) is 48.7 Å². The number of rotatable bonds is 24. The molecule has 0 bridgehead atoms. The minimum atomic E-state index is -1.08. The molecule has 396 valence electrons. The van der Waals surface area contributed by atoms with Crippen LogP contribution in [0.4, 0.5) is 15.3 Å². The number of amides is 8. The van der Waals surface area contributed by atoms with Crippen molar-refractivity contribution in [2.75, 3.05) is 25.2 Å². The number of nitrogens with two attached hydrogens (primary N) is 1. The van der Waals surface area contributed by atoms with Crippen molar-refractivity contribution in [3.8, 4) is 34.1 Å². The molecule has 23 nitrogen and oxygen atoms in total. The highest BCUT2D eigenvalue weighted by Crippen LogP contribution is 2.34. The van der Waals surface area contributed by atoms with Crippen molar-refractivity contribution in [1.29, 1.82) is 0 Å². The summed E-state index contributed by atoms with van der Waals surface area (Å²) in [5.41, 5.74) is 11.1. The molecule has 23 heteroatoms. The summed E-state index contributed by atoms with van der Waals surface area (Å²) < 4.78 is 18.7. The largest absolute Gasteiger partial charge is 0.454 e. The minimum absolute atomic E-state index is 0.0102. The molecular formula is C53H59N13O10. The van der Waals surface area contributed by atoms with Gasteiger partial charge in [-0.3, -0.25) is 38.8 Å². The third kappa shape index (κ3) is 13.9. The van der Waals surface area contributed by atoms with Gasteiger partial charge in [-0.25, -0.2) is 24.1 Å². The van der Waals surface area contributed by atoms with Crippen molar-refractivity contribution in [3.63, 3.8) is 0 Å². The number of nitrogens with one attached hydrogen (secondary N) is 5. The second-order valence-electron chi connectivity index (χ2n) is 18.6. The van der Waals surface area contributed by atoms with E-state index in [0.29, 0.717) is 70.6 Å². The van der Waals surface area contributed by atoms with Gasteiger partial charge in [0.1, 0.15) is 30.8 Å². The number of primary amides is 1. The Hall–Kier alpha value is -9.15. The van der Waals surface area contributed by atoms with E-state index in [4.69, 9.17) is 29.9 Å². The summed E-state index contributed by atoms with van der Waals surface area (Å²) in [6.45, 7) is 5.92. The van der Waals surface area contributed by atoms with Gasteiger partial charge in [0.2, 0.25) is 24.5 Å². The Kier molecular flexibility index (Phi) is 17.3. The zero-order chi connectivity index (χ0) is 53.7. The first-order valence-corrected chi connectivity index (χ1v) is 24.9. The maximum absolute atomic E-state index is 14.2. The number of anilines is 1. The first-order chi connectivity index (χ1) is 36.7. The van der Waals surface area contributed by atoms with Crippen LogP contribution in [-0.2, 0) is 48.4 Å². The number of benzene rings is 2. The molecule has 0 aliphatic carbocycles. The fourth-order valence-electron chi connectivity index (χ4n) is 8.52. The Morgan fingerprint density at radius 1 is 0.855 bits per heavy atom. The lowest BCUT2D eigenvalue weighted by molar-refractivity contribution is -0.137. The van der Waals surface area contributed by atoms with E-state index in [2.05, 4.69) is 36.3 Å². The smallest absolute Gasteiger partial charge is 0.410 e. The predicted octanol–water partition coefficient (Wildman–Crippen LogP) is 5.06. The summed E-state index contributed by atoms with van der Waals surface area (Å²) in [4.78, 5) is 110. The molecule has 8 rings (SSSR count). The molecule has 0 spiro atoms. The lowest BCUT2D eigenvalue weighted by atomic mass is 10.0. The molecule has 76 heavy (non-hydrogen) atoms. The Bertz CT molecular complexity index is 3120. The van der Waals surface area contributed by atoms with Crippen LogP contribution in [0.5, 0.6) is 11.5 Å². The number of unbranched alkanes of at least 4 members (excludes halogenated alkanes) is 2. The van der Waals surface area contributed by atoms with Crippen LogP contribution in [0.3, 0.4) is 0 Å². The molecule has 6 heterocycles. The molecule has 2 aliphatic rings. The highest BCUT2D eigenvalue weighted by atomic mass is 16.7. The number of aromatic amines is 1. The van der Waals surface area contributed by atoms with Crippen molar-refractivity contribution in [3.05, 3.63) is 120 Å². The standard InChI is InChI=1S/C53H59N13O10/c1-32(2)47(63-44(67)12-5-4-6-24-65-45(68)21-22-46(65)69)51(71)60-39(11-8-23-55-52(54)72)50(70)59-37-17-13-34(14-18-37)29-74-53(73)64(26-35-15-19-40-41(25-35)76-31-75-40)28-42-61-48(36-16-20-43-56-30-57-66(43)27-36)49(62-42)38-10-7-9-33(3)58-38/h7,9-10,13-22,25,27,30,32,39,47H,4-6,8,11-12,23-24,26,28-29,31H2,1-3H3,(H,59,70)(H,60,71)(H,61,62)(H,63,67)(H3,54,55,72)/t39-,47?/m0/s1. The maximum Gasteiger partial charge on any atom is 0.410 e. The highest BCUT2D eigenvalue weighted by Gasteiger charge is 2.30. The summed E-state index contributed by atoms with van der Waals surface area (Å²) in [5.74, 6) is -0.942. The molecule has 2 aromatic carbocycles. The highest BCUT2D eigenvalue weighted by molar-refractivity contribution is 6.12. The van der Waals surface area contributed by atoms with Gasteiger partial charge in [0.05, 0.1) is 23.6 Å². The van der Waals surface area contributed by atoms with Crippen LogP contribution < -0.4 is 36.5 Å². The fourth-order valence-corrected chi connectivity index (χ4v) is 8.52. The van der Waals surface area contributed by atoms with Gasteiger partial charge in [0.15, 0.2) is 17.1 Å². The van der Waals surface area contributed by atoms with Gasteiger partial charge in [-0.1, -0.05) is 44.5 Å². The van der Waals surface area contributed by atoms with E-state index < -0.39 is 36.0 Å². The molecule has 1 unspecified atom stereocenters. The number of H-pyrrole nitrogens is 1. The number of imidazole rings is 1. The number of aryl methyl sites for hydroxylation is 1. The van der Waals surface area contributed by atoms with Crippen LogP contribution in [0, 0.1) is 12.8 Å². The van der Waals surface area contributed by atoms with Crippen molar-refractivity contribution < 1.29 is 47.8 Å². The third-order valence-electron chi connectivity index (χ3n) is 12.5. The Labute approximate surface area is 437 Å². The van der Waals surface area contributed by atoms with Gasteiger partial charge in [-0.2, -0.15) is 5.10 Å². The molecule has 0 radical (unpaired) electrons. The van der Waals surface area contributed by atoms with E-state index in [-0.39, 0.29) is 82.5 Å². The van der Waals surface area contributed by atoms with Gasteiger partial charge in [0.25, 0.3) is 11.8 Å². The summed E-state index contributed by atoms with van der Waals surface area (Å²) in [5, 5.41) is 15.2. The van der Waals surface area contributed by atoms with Crippen LogP contribution in [-0.4, -0.2) is 113 Å². The van der Waals surface area contributed by atoms with E-state index in [0.717, 1.165) is 21.7 Å². The van der Waals surface area contributed by atoms with Gasteiger partial charge in [0, 0.05) is 61.3 Å². The summed E-state index contributed by atoms with van der Waals surface area (Å²) in [7, 11) is 0. The maximum atomic E-state index is 14.2. The van der Waals surface area contributed by atoms with Crippen LogP contribution in [0.1, 0.15) is 75.0 Å². The molecule has 7 N–H and O–H groups in total. The first-order valence-electron chi connectivity index (χ1n) is 24.9. The topological polar surface area (TPSA) is 300 Å². The summed E-state index contributed by atoms with van der Waals surface area (Å²) >= 11 is 0. The Balaban J connectivity index is 0.911. The minimum Gasteiger partial charge on any atom is -0.454 e. The number of hydrogen-bond acceptors (Lipinski definition) is 14. The molecule has 6 aromatic rings. The quantitative estimate of drug-likeness (QED) is 0.0342. The van der Waals surface area contributed by atoms with Crippen LogP contribution >= 0.6 is 0 Å². The normalized spacial score (nSPS) is 13.4. The van der Waals surface area contributed by atoms with Crippen molar-refractivity contribution in [2.24, 2.45) is 11.7 Å². The number of imide groups is 1. The number of fused-ring (bicyclic) bond motifs is 2. The molecular weight excluding hydrogens is 979 g/mol. The third-order valence-corrected chi connectivity index (χ3v) is 12.5. The molecule has 2 aliphatic heterocycles. The summed E-state index contributed by atoms with van der Waals surface area (Å²) in [6.07, 6.45) is 7.18. The molecule has 0 saturated carbocycles. The Morgan fingerprint density at radius 2 is 1.63 bits per heavy atom. The Morgan fingerprint density at radius 3 is 2.39 bits per heavy atom. The van der Waals surface area contributed by atoms with Gasteiger partial charge in [-0.05, 0) is 98.2 Å². The van der Waals surface area contributed by atoms with Crippen LogP contribution in [0.2, 0.25) is 0 Å². The number of aromatic nitrogens is 6. The molecule has 2 atom stereocenters. The van der Waals surface area contributed by atoms with E-state index in [1.807, 2.05) is 55.6 Å². The number of carbonyl (C=O) groups is 7. The second-order valence-corrected chi connectivity index (χ2v) is 18.6. The lowest BCUT2D eigenvalue weighted by Gasteiger charge is -2.25. The number of urea groups is 1. The number of ether oxygens (including phenoxy) is 3. The number of hydrogen-bond donors (Lipinski definition) is 6. The predicted molar refractivity (Wildman–Crippen MR) is 275 cm³/mol. The lowest BCUT2D eigenvalue weighted by Crippen LogP contribution is -2.54. The molecule has 0 fully saturated rings. The average Bonchev–Trinajstić information content (AvgIpc) is 4.23. The summed E-state index contributed by atoms with van der Waals surface area (Å²) in [6, 6.07) is 18.7. The van der Waals surface area contributed by atoms with Crippen molar-refractivity contribution in [1.82, 2.24) is 55.3 Å². The number of pyridine rings is 2. The van der Waals surface area contributed by atoms with Crippen LogP contribution in [0.15, 0.2) is 97.5 Å². The average molecular weight is 1040 g/mol. The zero-order valence-corrected chi connectivity index (χ0v) is 42.2. The molecule has 8 amide bonds.